The maximum Gasteiger partial charge on any atom is 0.328 e. The Bertz CT molecular complexity index is 377. The van der Waals surface area contributed by atoms with Crippen molar-refractivity contribution in [1.29, 1.82) is 0 Å². The largest absolute Gasteiger partial charge is 0.478 e. The molecular weight excluding hydrogens is 244 g/mol. The molecule has 18 heavy (non-hydrogen) atoms. The van der Waals surface area contributed by atoms with E-state index in [1.807, 2.05) is 5.32 Å². The van der Waals surface area contributed by atoms with E-state index in [1.54, 1.807) is 6.92 Å². The molecule has 0 unspecified atom stereocenters. The van der Waals surface area contributed by atoms with Crippen molar-refractivity contribution >= 4 is 23.9 Å². The van der Waals surface area contributed by atoms with Crippen molar-refractivity contribution in [2.75, 3.05) is 20.2 Å². The molecule has 0 heterocycles. The zero-order valence-corrected chi connectivity index (χ0v) is 10.0. The van der Waals surface area contributed by atoms with Gasteiger partial charge < -0.3 is 14.7 Å². The van der Waals surface area contributed by atoms with Gasteiger partial charge in [-0.05, 0) is 6.92 Å². The van der Waals surface area contributed by atoms with Crippen LogP contribution >= 0.6 is 0 Å². The van der Waals surface area contributed by atoms with Gasteiger partial charge in [0.15, 0.2) is 0 Å². The summed E-state index contributed by atoms with van der Waals surface area (Å²) in [6.45, 7) is 1.50. The van der Waals surface area contributed by atoms with E-state index in [4.69, 9.17) is 5.11 Å². The zero-order chi connectivity index (χ0) is 14.1. The van der Waals surface area contributed by atoms with Crippen molar-refractivity contribution in [2.24, 2.45) is 0 Å². The van der Waals surface area contributed by atoms with E-state index in [-0.39, 0.29) is 13.2 Å². The molecule has 0 saturated heterocycles. The van der Waals surface area contributed by atoms with Gasteiger partial charge in [0, 0.05) is 19.2 Å². The third kappa shape index (κ3) is 6.99. The van der Waals surface area contributed by atoms with Crippen LogP contribution in [0.15, 0.2) is 12.2 Å². The van der Waals surface area contributed by atoms with Crippen LogP contribution in [0.4, 0.5) is 4.79 Å². The lowest BCUT2D eigenvalue weighted by Crippen LogP contribution is -2.42. The highest BCUT2D eigenvalue weighted by molar-refractivity contribution is 6.02. The first-order valence-corrected chi connectivity index (χ1v) is 4.99. The molecule has 0 aliphatic heterocycles. The minimum Gasteiger partial charge on any atom is -0.478 e. The number of hydrogen-bond donors (Lipinski definition) is 2. The van der Waals surface area contributed by atoms with Gasteiger partial charge in [-0.2, -0.15) is 0 Å². The first-order chi connectivity index (χ1) is 8.36. The monoisotopic (exact) mass is 258 g/mol. The van der Waals surface area contributed by atoms with E-state index in [0.717, 1.165) is 4.90 Å². The van der Waals surface area contributed by atoms with Crippen LogP contribution in [0.1, 0.15) is 6.92 Å². The van der Waals surface area contributed by atoms with Gasteiger partial charge in [-0.3, -0.25) is 14.9 Å². The molecule has 0 bridgehead atoms. The molecule has 8 heteroatoms. The molecular formula is C10H14N2O6. The van der Waals surface area contributed by atoms with Crippen molar-refractivity contribution < 1.29 is 29.0 Å². The number of carbonyl (C=O) groups is 4. The van der Waals surface area contributed by atoms with E-state index in [1.165, 1.54) is 7.05 Å². The Hall–Kier alpha value is -2.38. The molecule has 0 radical (unpaired) electrons. The zero-order valence-electron chi connectivity index (χ0n) is 10.0. The van der Waals surface area contributed by atoms with Crippen LogP contribution in [0.2, 0.25) is 0 Å². The third-order valence-electron chi connectivity index (χ3n) is 1.63. The summed E-state index contributed by atoms with van der Waals surface area (Å²) >= 11 is 0. The molecule has 0 aliphatic rings. The highest BCUT2D eigenvalue weighted by Crippen LogP contribution is 1.88. The first-order valence-electron chi connectivity index (χ1n) is 4.99. The minimum atomic E-state index is -1.31. The number of rotatable bonds is 5. The molecule has 0 rings (SSSR count). The summed E-state index contributed by atoms with van der Waals surface area (Å²) < 4.78 is 4.61. The van der Waals surface area contributed by atoms with Crippen LogP contribution < -0.4 is 5.32 Å². The standard InChI is InChI=1S/C10H14N2O6/c1-3-18-9(16)6-12(2)10(17)11-7(13)4-5-8(14)15/h4-5H,3,6H2,1-2H3,(H,14,15)(H,11,13,17)/b5-4+. The number of carboxylic acids is 1. The molecule has 0 aromatic carbocycles. The van der Waals surface area contributed by atoms with Gasteiger partial charge in [0.1, 0.15) is 6.54 Å². The average molecular weight is 258 g/mol. The Labute approximate surface area is 103 Å². The number of hydrogen-bond acceptors (Lipinski definition) is 5. The molecule has 0 atom stereocenters. The van der Waals surface area contributed by atoms with E-state index < -0.39 is 23.9 Å². The lowest BCUT2D eigenvalue weighted by molar-refractivity contribution is -0.143. The Kier molecular flexibility index (Phi) is 6.79. The Balaban J connectivity index is 4.19. The highest BCUT2D eigenvalue weighted by Gasteiger charge is 2.14. The van der Waals surface area contributed by atoms with E-state index in [9.17, 15) is 19.2 Å². The summed E-state index contributed by atoms with van der Waals surface area (Å²) in [4.78, 5) is 44.5. The molecule has 3 amide bonds. The van der Waals surface area contributed by atoms with Crippen molar-refractivity contribution in [3.63, 3.8) is 0 Å². The lowest BCUT2D eigenvalue weighted by Gasteiger charge is -2.15. The minimum absolute atomic E-state index is 0.189. The van der Waals surface area contributed by atoms with Crippen LogP contribution in [0, 0.1) is 0 Å². The van der Waals surface area contributed by atoms with Gasteiger partial charge in [0.25, 0.3) is 5.91 Å². The fourth-order valence-corrected chi connectivity index (χ4v) is 0.862. The van der Waals surface area contributed by atoms with Gasteiger partial charge in [-0.1, -0.05) is 0 Å². The summed E-state index contributed by atoms with van der Waals surface area (Å²) in [5.41, 5.74) is 0. The number of nitrogens with zero attached hydrogens (tertiary/aromatic N) is 1. The normalized spacial score (nSPS) is 9.89. The average Bonchev–Trinajstić information content (AvgIpc) is 2.26. The number of esters is 1. The number of imide groups is 1. The molecule has 0 aromatic rings. The maximum absolute atomic E-state index is 11.3. The third-order valence-corrected chi connectivity index (χ3v) is 1.63. The number of ether oxygens (including phenoxy) is 1. The number of carbonyl (C=O) groups excluding carboxylic acids is 3. The molecule has 0 spiro atoms. The second-order valence-corrected chi connectivity index (χ2v) is 3.13. The van der Waals surface area contributed by atoms with Crippen molar-refractivity contribution in [3.8, 4) is 0 Å². The number of likely N-dealkylation sites (N-methyl/N-ethyl adjacent to an activating group) is 1. The molecule has 0 saturated carbocycles. The van der Waals surface area contributed by atoms with Gasteiger partial charge in [-0.15, -0.1) is 0 Å². The van der Waals surface area contributed by atoms with Crippen LogP contribution in [-0.2, 0) is 19.1 Å². The number of carboxylic acid groups (broad SMARTS) is 1. The Morgan fingerprint density at radius 3 is 2.39 bits per heavy atom. The summed E-state index contributed by atoms with van der Waals surface area (Å²) in [6.07, 6.45) is 1.28. The molecule has 0 aliphatic carbocycles. The van der Waals surface area contributed by atoms with Gasteiger partial charge >= 0.3 is 18.0 Å². The fourth-order valence-electron chi connectivity index (χ4n) is 0.862. The van der Waals surface area contributed by atoms with E-state index in [2.05, 4.69) is 4.74 Å². The Morgan fingerprint density at radius 2 is 1.89 bits per heavy atom. The van der Waals surface area contributed by atoms with Crippen LogP contribution in [0.3, 0.4) is 0 Å². The highest BCUT2D eigenvalue weighted by atomic mass is 16.5. The predicted octanol–water partition coefficient (Wildman–Crippen LogP) is -0.642. The molecule has 0 fully saturated rings. The number of aliphatic carboxylic acids is 1. The Morgan fingerprint density at radius 1 is 1.28 bits per heavy atom. The van der Waals surface area contributed by atoms with Gasteiger partial charge in [0.2, 0.25) is 0 Å². The van der Waals surface area contributed by atoms with Crippen molar-refractivity contribution in [2.45, 2.75) is 6.92 Å². The summed E-state index contributed by atoms with van der Waals surface area (Å²) in [7, 11) is 1.29. The summed E-state index contributed by atoms with van der Waals surface area (Å²) in [6, 6.07) is -0.830. The SMILES string of the molecule is CCOC(=O)CN(C)C(=O)NC(=O)/C=C/C(=O)O. The topological polar surface area (TPSA) is 113 Å². The second-order valence-electron chi connectivity index (χ2n) is 3.13. The van der Waals surface area contributed by atoms with Gasteiger partial charge in [-0.25, -0.2) is 9.59 Å². The molecule has 100 valence electrons. The number of nitrogens with one attached hydrogen (secondary N) is 1. The summed E-state index contributed by atoms with van der Waals surface area (Å²) in [5, 5.41) is 10.1. The quantitative estimate of drug-likeness (QED) is 0.501. The maximum atomic E-state index is 11.3. The number of amides is 3. The van der Waals surface area contributed by atoms with Gasteiger partial charge in [0.05, 0.1) is 6.61 Å². The van der Waals surface area contributed by atoms with Crippen LogP contribution in [0.25, 0.3) is 0 Å². The molecule has 0 aromatic heterocycles. The second kappa shape index (κ2) is 7.82. The molecule has 8 nitrogen and oxygen atoms in total. The smallest absolute Gasteiger partial charge is 0.328 e. The first kappa shape index (κ1) is 15.6. The predicted molar refractivity (Wildman–Crippen MR) is 59.6 cm³/mol. The van der Waals surface area contributed by atoms with Crippen LogP contribution in [-0.4, -0.2) is 54.1 Å². The van der Waals surface area contributed by atoms with Crippen molar-refractivity contribution in [3.05, 3.63) is 12.2 Å². The lowest BCUT2D eigenvalue weighted by atomic mass is 10.4. The fraction of sp³-hybridized carbons (Fsp3) is 0.400. The van der Waals surface area contributed by atoms with E-state index >= 15 is 0 Å². The number of urea groups is 1. The van der Waals surface area contributed by atoms with Crippen LogP contribution in [0.5, 0.6) is 0 Å². The summed E-state index contributed by atoms with van der Waals surface area (Å²) in [5.74, 6) is -2.81. The van der Waals surface area contributed by atoms with Crippen molar-refractivity contribution in [1.82, 2.24) is 10.2 Å². The van der Waals surface area contributed by atoms with E-state index in [0.29, 0.717) is 12.2 Å². The molecule has 2 N–H and O–H groups in total.